The van der Waals surface area contributed by atoms with Crippen molar-refractivity contribution in [3.8, 4) is 28.3 Å². The molecule has 3 heterocycles. The largest absolute Gasteiger partial charge is 0.507 e. The van der Waals surface area contributed by atoms with Crippen LogP contribution < -0.4 is 10.2 Å². The van der Waals surface area contributed by atoms with Gasteiger partial charge in [-0.05, 0) is 58.7 Å². The van der Waals surface area contributed by atoms with Crippen molar-refractivity contribution in [1.29, 1.82) is 0 Å². The summed E-state index contributed by atoms with van der Waals surface area (Å²) in [5.74, 6) is 0.0450. The fraction of sp³-hybridized carbons (Fsp3) is 0.458. The summed E-state index contributed by atoms with van der Waals surface area (Å²) in [6, 6.07) is 6.69. The number of halogens is 1. The van der Waals surface area contributed by atoms with E-state index in [1.807, 2.05) is 26.2 Å². The van der Waals surface area contributed by atoms with Crippen LogP contribution in [0.5, 0.6) is 5.75 Å². The molecular formula is C24H31FN6O. The van der Waals surface area contributed by atoms with Crippen LogP contribution >= 0.6 is 0 Å². The number of aromatic hydroxyl groups is 1. The molecule has 0 radical (unpaired) electrons. The third-order valence-corrected chi connectivity index (χ3v) is 6.07. The number of hydrogen-bond donors (Lipinski definition) is 2. The Bertz CT molecular complexity index is 1110. The lowest BCUT2D eigenvalue weighted by Gasteiger charge is -2.49. The Hall–Kier alpha value is -3.00. The molecule has 0 atom stereocenters. The molecule has 0 spiro atoms. The van der Waals surface area contributed by atoms with E-state index in [1.165, 1.54) is 0 Å². The number of rotatable bonds is 4. The van der Waals surface area contributed by atoms with E-state index >= 15 is 0 Å². The van der Waals surface area contributed by atoms with Gasteiger partial charge in [0.2, 0.25) is 0 Å². The van der Waals surface area contributed by atoms with Gasteiger partial charge in [-0.2, -0.15) is 0 Å². The summed E-state index contributed by atoms with van der Waals surface area (Å²) in [5, 5.41) is 22.8. The minimum absolute atomic E-state index is 0.0236. The maximum atomic E-state index is 14.5. The lowest BCUT2D eigenvalue weighted by molar-refractivity contribution is 0.160. The van der Waals surface area contributed by atoms with Crippen molar-refractivity contribution in [3.05, 3.63) is 42.6 Å². The first-order valence-corrected chi connectivity index (χ1v) is 10.8. The summed E-state index contributed by atoms with van der Waals surface area (Å²) in [7, 11) is 3.86. The molecule has 2 N–H and O–H groups in total. The highest BCUT2D eigenvalue weighted by molar-refractivity contribution is 5.74. The van der Waals surface area contributed by atoms with Crippen molar-refractivity contribution >= 4 is 5.82 Å². The second-order valence-corrected chi connectivity index (χ2v) is 10.1. The van der Waals surface area contributed by atoms with E-state index in [1.54, 1.807) is 23.2 Å². The molecule has 1 fully saturated rings. The van der Waals surface area contributed by atoms with E-state index in [4.69, 9.17) is 0 Å². The van der Waals surface area contributed by atoms with Crippen molar-refractivity contribution in [2.24, 2.45) is 7.05 Å². The summed E-state index contributed by atoms with van der Waals surface area (Å²) in [6.07, 6.45) is 5.31. The van der Waals surface area contributed by atoms with E-state index in [0.29, 0.717) is 28.6 Å². The minimum atomic E-state index is -0.537. The Kier molecular flexibility index (Phi) is 5.45. The zero-order valence-electron chi connectivity index (χ0n) is 19.5. The van der Waals surface area contributed by atoms with Gasteiger partial charge in [0, 0.05) is 54.6 Å². The summed E-state index contributed by atoms with van der Waals surface area (Å²) in [6.45, 7) is 8.89. The molecule has 0 unspecified atom stereocenters. The first-order chi connectivity index (χ1) is 14.9. The average molecular weight is 439 g/mol. The maximum Gasteiger partial charge on any atom is 0.151 e. The standard InChI is InChI=1S/C24H31FN6O/c1-23(2)11-15(12-24(3,4)29-23)31(6)22-8-7-19(27-28-22)17-9-16(18(25)10-21(17)32)20-13-30(5)14-26-20/h7-10,13-15,29,32H,11-12H2,1-6H3. The van der Waals surface area contributed by atoms with Crippen LogP contribution in [0.1, 0.15) is 40.5 Å². The number of aryl methyl sites for hydroxylation is 1. The Morgan fingerprint density at radius 2 is 1.75 bits per heavy atom. The molecular weight excluding hydrogens is 407 g/mol. The first kappa shape index (κ1) is 22.2. The number of benzene rings is 1. The summed E-state index contributed by atoms with van der Waals surface area (Å²) in [5.41, 5.74) is 1.74. The number of phenols is 1. The van der Waals surface area contributed by atoms with E-state index in [2.05, 4.69) is 53.1 Å². The molecule has 170 valence electrons. The monoisotopic (exact) mass is 438 g/mol. The molecule has 32 heavy (non-hydrogen) atoms. The van der Waals surface area contributed by atoms with Crippen molar-refractivity contribution < 1.29 is 9.50 Å². The van der Waals surface area contributed by atoms with E-state index in [-0.39, 0.29) is 16.8 Å². The lowest BCUT2D eigenvalue weighted by atomic mass is 9.79. The van der Waals surface area contributed by atoms with Gasteiger partial charge < -0.3 is 19.9 Å². The van der Waals surface area contributed by atoms with Crippen LogP contribution in [-0.2, 0) is 7.05 Å². The van der Waals surface area contributed by atoms with Crippen LogP contribution in [0.15, 0.2) is 36.8 Å². The van der Waals surface area contributed by atoms with Gasteiger partial charge in [0.15, 0.2) is 5.82 Å². The fourth-order valence-corrected chi connectivity index (χ4v) is 4.90. The number of nitrogens with one attached hydrogen (secondary N) is 1. The third kappa shape index (κ3) is 4.46. The normalized spacial score (nSPS) is 18.0. The van der Waals surface area contributed by atoms with Gasteiger partial charge in [0.1, 0.15) is 11.6 Å². The fourth-order valence-electron chi connectivity index (χ4n) is 4.90. The Morgan fingerprint density at radius 1 is 1.06 bits per heavy atom. The second-order valence-electron chi connectivity index (χ2n) is 10.1. The van der Waals surface area contributed by atoms with Crippen LogP contribution in [-0.4, -0.2) is 49.0 Å². The van der Waals surface area contributed by atoms with E-state index in [9.17, 15) is 9.50 Å². The number of piperidine rings is 1. The minimum Gasteiger partial charge on any atom is -0.507 e. The molecule has 0 bridgehead atoms. The summed E-state index contributed by atoms with van der Waals surface area (Å²) >= 11 is 0. The summed E-state index contributed by atoms with van der Waals surface area (Å²) in [4.78, 5) is 6.39. The van der Waals surface area contributed by atoms with Gasteiger partial charge in [-0.15, -0.1) is 10.2 Å². The molecule has 0 amide bonds. The molecule has 1 aromatic carbocycles. The Balaban J connectivity index is 1.61. The molecule has 0 saturated carbocycles. The molecule has 4 rings (SSSR count). The highest BCUT2D eigenvalue weighted by Gasteiger charge is 2.39. The van der Waals surface area contributed by atoms with Gasteiger partial charge in [0.25, 0.3) is 0 Å². The number of aromatic nitrogens is 4. The Morgan fingerprint density at radius 3 is 2.31 bits per heavy atom. The third-order valence-electron chi connectivity index (χ3n) is 6.07. The average Bonchev–Trinajstić information content (AvgIpc) is 3.11. The molecule has 1 aliphatic heterocycles. The topological polar surface area (TPSA) is 79.1 Å². The lowest BCUT2D eigenvalue weighted by Crippen LogP contribution is -2.62. The van der Waals surface area contributed by atoms with Crippen LogP contribution in [0, 0.1) is 5.82 Å². The van der Waals surface area contributed by atoms with Gasteiger partial charge in [0.05, 0.1) is 17.7 Å². The molecule has 3 aromatic rings. The highest BCUT2D eigenvalue weighted by atomic mass is 19.1. The summed E-state index contributed by atoms with van der Waals surface area (Å²) < 4.78 is 16.2. The predicted molar refractivity (Wildman–Crippen MR) is 124 cm³/mol. The molecule has 7 nitrogen and oxygen atoms in total. The maximum absolute atomic E-state index is 14.5. The Labute approximate surface area is 188 Å². The van der Waals surface area contributed by atoms with Gasteiger partial charge in [-0.1, -0.05) is 0 Å². The highest BCUT2D eigenvalue weighted by Crippen LogP contribution is 2.36. The number of nitrogens with zero attached hydrogens (tertiary/aromatic N) is 5. The SMILES string of the molecule is CN(c1ccc(-c2cc(-c3cn(C)cn3)c(F)cc2O)nn1)C1CC(C)(C)NC(C)(C)C1. The quantitative estimate of drug-likeness (QED) is 0.638. The predicted octanol–water partition coefficient (Wildman–Crippen LogP) is 4.13. The van der Waals surface area contributed by atoms with Crippen LogP contribution in [0.4, 0.5) is 10.2 Å². The van der Waals surface area contributed by atoms with Gasteiger partial charge in [-0.3, -0.25) is 0 Å². The van der Waals surface area contributed by atoms with Crippen LogP contribution in [0.25, 0.3) is 22.5 Å². The second kappa shape index (κ2) is 7.85. The van der Waals surface area contributed by atoms with Crippen molar-refractivity contribution in [2.75, 3.05) is 11.9 Å². The number of phenolic OH excluding ortho intramolecular Hbond substituents is 1. The molecule has 1 aliphatic rings. The van der Waals surface area contributed by atoms with Crippen molar-refractivity contribution in [1.82, 2.24) is 25.1 Å². The number of anilines is 1. The zero-order chi connectivity index (χ0) is 23.3. The van der Waals surface area contributed by atoms with E-state index in [0.717, 1.165) is 24.7 Å². The smallest absolute Gasteiger partial charge is 0.151 e. The number of hydrogen-bond acceptors (Lipinski definition) is 6. The van der Waals surface area contributed by atoms with Crippen molar-refractivity contribution in [2.45, 2.75) is 57.7 Å². The van der Waals surface area contributed by atoms with E-state index < -0.39 is 5.82 Å². The molecule has 8 heteroatoms. The molecule has 0 aliphatic carbocycles. The van der Waals surface area contributed by atoms with Crippen LogP contribution in [0.3, 0.4) is 0 Å². The molecule has 1 saturated heterocycles. The van der Waals surface area contributed by atoms with Gasteiger partial charge >= 0.3 is 0 Å². The first-order valence-electron chi connectivity index (χ1n) is 10.8. The van der Waals surface area contributed by atoms with Crippen LogP contribution in [0.2, 0.25) is 0 Å². The van der Waals surface area contributed by atoms with Crippen molar-refractivity contribution in [3.63, 3.8) is 0 Å². The number of imidazole rings is 1. The van der Waals surface area contributed by atoms with Gasteiger partial charge in [-0.25, -0.2) is 9.37 Å². The molecule has 2 aromatic heterocycles. The zero-order valence-corrected chi connectivity index (χ0v) is 19.5.